The summed E-state index contributed by atoms with van der Waals surface area (Å²) in [6, 6.07) is 15.5. The molecule has 0 spiro atoms. The van der Waals surface area contributed by atoms with Crippen LogP contribution in [0.2, 0.25) is 10.0 Å². The van der Waals surface area contributed by atoms with Crippen molar-refractivity contribution >= 4 is 46.6 Å². The fraction of sp³-hybridized carbons (Fsp3) is 0.278. The van der Waals surface area contributed by atoms with Crippen LogP contribution in [0.3, 0.4) is 0 Å². The molecule has 1 amide bonds. The molecule has 3 N–H and O–H groups in total. The second kappa shape index (κ2) is 7.66. The zero-order valence-electron chi connectivity index (χ0n) is 13.8. The predicted octanol–water partition coefficient (Wildman–Crippen LogP) is 3.20. The summed E-state index contributed by atoms with van der Waals surface area (Å²) in [6.45, 7) is 0.610. The number of halogens is 2. The van der Waals surface area contributed by atoms with Crippen LogP contribution in [-0.2, 0) is 10.5 Å². The highest BCUT2D eigenvalue weighted by Crippen LogP contribution is 2.29. The summed E-state index contributed by atoms with van der Waals surface area (Å²) < 4.78 is 0. The van der Waals surface area contributed by atoms with Crippen LogP contribution < -0.4 is 21.1 Å². The topological polar surface area (TPSA) is 56.4 Å². The zero-order chi connectivity index (χ0) is 18.1. The van der Waals surface area contributed by atoms with Crippen molar-refractivity contribution in [2.24, 2.45) is 5.92 Å². The first-order valence-electron chi connectivity index (χ1n) is 8.31. The van der Waals surface area contributed by atoms with E-state index in [-0.39, 0.29) is 23.5 Å². The van der Waals surface area contributed by atoms with E-state index >= 15 is 0 Å². The van der Waals surface area contributed by atoms with E-state index in [9.17, 15) is 4.79 Å². The summed E-state index contributed by atoms with van der Waals surface area (Å²) in [7, 11) is 0. The first-order chi connectivity index (χ1) is 12.6. The van der Waals surface area contributed by atoms with Gasteiger partial charge in [0.15, 0.2) is 0 Å². The second-order valence-corrected chi connectivity index (χ2v) is 8.16. The number of fused-ring (bicyclic) bond motifs is 1. The smallest absolute Gasteiger partial charge is 0.229 e. The van der Waals surface area contributed by atoms with Gasteiger partial charge in [0.25, 0.3) is 0 Å². The number of nitrogens with zero attached hydrogens (tertiary/aromatic N) is 1. The van der Waals surface area contributed by atoms with Crippen molar-refractivity contribution in [2.45, 2.75) is 17.4 Å². The van der Waals surface area contributed by atoms with E-state index in [4.69, 9.17) is 23.2 Å². The van der Waals surface area contributed by atoms with Gasteiger partial charge in [-0.2, -0.15) is 0 Å². The molecular weight excluding hydrogens is 391 g/mol. The minimum Gasteiger partial charge on any atom is -0.331 e. The Labute approximate surface area is 166 Å². The van der Waals surface area contributed by atoms with Crippen molar-refractivity contribution in [2.75, 3.05) is 11.6 Å². The van der Waals surface area contributed by atoms with Gasteiger partial charge in [0.05, 0.1) is 11.6 Å². The molecule has 2 fully saturated rings. The summed E-state index contributed by atoms with van der Waals surface area (Å²) in [5.41, 5.74) is 5.15. The Morgan fingerprint density at radius 2 is 1.96 bits per heavy atom. The normalized spacial score (nSPS) is 25.1. The summed E-state index contributed by atoms with van der Waals surface area (Å²) in [5.74, 6) is 0.593. The first-order valence-corrected chi connectivity index (χ1v) is 10.1. The molecule has 2 aromatic rings. The van der Waals surface area contributed by atoms with Crippen molar-refractivity contribution in [3.05, 3.63) is 64.1 Å². The van der Waals surface area contributed by atoms with E-state index < -0.39 is 0 Å². The molecule has 0 radical (unpaired) electrons. The molecule has 3 atom stereocenters. The molecule has 2 saturated heterocycles. The van der Waals surface area contributed by atoms with Gasteiger partial charge in [-0.3, -0.25) is 15.1 Å². The Morgan fingerprint density at radius 3 is 2.73 bits per heavy atom. The third-order valence-corrected chi connectivity index (χ3v) is 6.18. The van der Waals surface area contributed by atoms with Crippen molar-refractivity contribution < 1.29 is 4.79 Å². The van der Waals surface area contributed by atoms with Gasteiger partial charge in [-0.25, -0.2) is 5.43 Å². The van der Waals surface area contributed by atoms with E-state index in [1.165, 1.54) is 0 Å². The molecule has 0 saturated carbocycles. The average Bonchev–Trinajstić information content (AvgIpc) is 3.06. The maximum absolute atomic E-state index is 12.5. The number of hydrogen-bond donors (Lipinski definition) is 3. The van der Waals surface area contributed by atoms with E-state index in [2.05, 4.69) is 16.1 Å². The Hall–Kier alpha value is -1.44. The summed E-state index contributed by atoms with van der Waals surface area (Å²) in [4.78, 5) is 12.5. The molecule has 3 unspecified atom stereocenters. The minimum absolute atomic E-state index is 0.0550. The van der Waals surface area contributed by atoms with Gasteiger partial charge in [-0.05, 0) is 29.8 Å². The molecule has 5 nitrogen and oxygen atoms in total. The number of para-hydroxylation sites is 1. The number of hydrogen-bond acceptors (Lipinski definition) is 5. The lowest BCUT2D eigenvalue weighted by molar-refractivity contribution is -0.127. The minimum atomic E-state index is -0.193. The van der Waals surface area contributed by atoms with Crippen molar-refractivity contribution in [1.82, 2.24) is 16.1 Å². The molecule has 2 aliphatic rings. The molecule has 136 valence electrons. The number of hydrazine groups is 1. The molecule has 0 aromatic heterocycles. The van der Waals surface area contributed by atoms with E-state index in [1.807, 2.05) is 47.5 Å². The van der Waals surface area contributed by atoms with Crippen LogP contribution in [0.25, 0.3) is 0 Å². The molecule has 26 heavy (non-hydrogen) atoms. The van der Waals surface area contributed by atoms with Crippen LogP contribution >= 0.6 is 35.0 Å². The van der Waals surface area contributed by atoms with E-state index in [1.54, 1.807) is 17.8 Å². The van der Waals surface area contributed by atoms with Crippen LogP contribution in [0.1, 0.15) is 5.56 Å². The van der Waals surface area contributed by atoms with Gasteiger partial charge in [0, 0.05) is 22.3 Å². The highest BCUT2D eigenvalue weighted by atomic mass is 35.5. The van der Waals surface area contributed by atoms with Crippen LogP contribution in [0, 0.1) is 5.92 Å². The van der Waals surface area contributed by atoms with Gasteiger partial charge in [0.1, 0.15) is 11.7 Å². The number of nitrogens with one attached hydrogen (secondary N) is 3. The summed E-state index contributed by atoms with van der Waals surface area (Å²) >= 11 is 13.8. The van der Waals surface area contributed by atoms with E-state index in [0.29, 0.717) is 22.3 Å². The van der Waals surface area contributed by atoms with Crippen LogP contribution in [0.4, 0.5) is 5.69 Å². The Balaban J connectivity index is 1.45. The molecule has 4 rings (SSSR count). The van der Waals surface area contributed by atoms with Crippen molar-refractivity contribution in [3.8, 4) is 0 Å². The quantitative estimate of drug-likeness (QED) is 0.724. The molecule has 0 bridgehead atoms. The lowest BCUT2D eigenvalue weighted by Gasteiger charge is -2.37. The van der Waals surface area contributed by atoms with Crippen LogP contribution in [0.15, 0.2) is 48.5 Å². The summed E-state index contributed by atoms with van der Waals surface area (Å²) in [5, 5.41) is 9.85. The number of carbonyl (C=O) groups is 1. The standard InChI is InChI=1S/C18H18Cl2N4OS/c19-12-7-6-11(15(20)8-12)10-26-18-22-16-14(17(25)23-18)9-21-24(16)13-4-2-1-3-5-13/h1-8,14,16,18,21-22H,9-10H2,(H,23,25). The third kappa shape index (κ3) is 3.66. The monoisotopic (exact) mass is 408 g/mol. The molecule has 2 heterocycles. The highest BCUT2D eigenvalue weighted by molar-refractivity contribution is 7.99. The molecule has 0 aliphatic carbocycles. The van der Waals surface area contributed by atoms with Gasteiger partial charge in [-0.15, -0.1) is 11.8 Å². The van der Waals surface area contributed by atoms with E-state index in [0.717, 1.165) is 11.3 Å². The Morgan fingerprint density at radius 1 is 1.15 bits per heavy atom. The average molecular weight is 409 g/mol. The second-order valence-electron chi connectivity index (χ2n) is 6.22. The number of amides is 1. The maximum Gasteiger partial charge on any atom is 0.229 e. The highest BCUT2D eigenvalue weighted by Gasteiger charge is 2.44. The lowest BCUT2D eigenvalue weighted by Crippen LogP contribution is -2.63. The third-order valence-electron chi connectivity index (χ3n) is 4.53. The molecular formula is C18H18Cl2N4OS. The summed E-state index contributed by atoms with van der Waals surface area (Å²) in [6.07, 6.45) is -0.0932. The number of carbonyl (C=O) groups excluding carboxylic acids is 1. The predicted molar refractivity (Wildman–Crippen MR) is 107 cm³/mol. The molecule has 8 heteroatoms. The Bertz CT molecular complexity index is 807. The van der Waals surface area contributed by atoms with Crippen LogP contribution in [0.5, 0.6) is 0 Å². The SMILES string of the molecule is O=C1NC(SCc2ccc(Cl)cc2Cl)NC2C1CNN2c1ccccc1. The number of benzene rings is 2. The van der Waals surface area contributed by atoms with Gasteiger partial charge in [0.2, 0.25) is 5.91 Å². The first kappa shape index (κ1) is 17.9. The number of anilines is 1. The largest absolute Gasteiger partial charge is 0.331 e. The zero-order valence-corrected chi connectivity index (χ0v) is 16.1. The fourth-order valence-electron chi connectivity index (χ4n) is 3.19. The fourth-order valence-corrected chi connectivity index (χ4v) is 4.78. The number of rotatable bonds is 4. The van der Waals surface area contributed by atoms with Crippen LogP contribution in [-0.4, -0.2) is 24.1 Å². The number of thioether (sulfide) groups is 1. The molecule has 2 aromatic carbocycles. The van der Waals surface area contributed by atoms with Gasteiger partial charge < -0.3 is 5.32 Å². The van der Waals surface area contributed by atoms with Gasteiger partial charge in [-0.1, -0.05) is 47.5 Å². The van der Waals surface area contributed by atoms with Crippen molar-refractivity contribution in [1.29, 1.82) is 0 Å². The molecule has 2 aliphatic heterocycles. The van der Waals surface area contributed by atoms with Gasteiger partial charge >= 0.3 is 0 Å². The Kier molecular flexibility index (Phi) is 5.29. The lowest BCUT2D eigenvalue weighted by atomic mass is 10.1. The maximum atomic E-state index is 12.5. The van der Waals surface area contributed by atoms with Crippen molar-refractivity contribution in [3.63, 3.8) is 0 Å².